The van der Waals surface area contributed by atoms with Gasteiger partial charge >= 0.3 is 5.97 Å². The Hall–Kier alpha value is -3.40. The van der Waals surface area contributed by atoms with Crippen molar-refractivity contribution >= 4 is 40.7 Å². The van der Waals surface area contributed by atoms with E-state index in [1.165, 1.54) is 18.9 Å². The van der Waals surface area contributed by atoms with E-state index in [4.69, 9.17) is 14.2 Å². The number of carbonyl (C=O) groups excluding carboxylic acids is 2. The largest absolute Gasteiger partial charge is 0.493 e. The molecule has 0 unspecified atom stereocenters. The van der Waals surface area contributed by atoms with Crippen molar-refractivity contribution in [2.75, 3.05) is 13.7 Å². The lowest BCUT2D eigenvalue weighted by Gasteiger charge is -2.33. The van der Waals surface area contributed by atoms with Crippen LogP contribution in [-0.4, -0.2) is 31.8 Å². The molecule has 0 aliphatic heterocycles. The van der Waals surface area contributed by atoms with Crippen molar-refractivity contribution in [1.29, 1.82) is 0 Å². The summed E-state index contributed by atoms with van der Waals surface area (Å²) in [5, 5.41) is 3.99. The van der Waals surface area contributed by atoms with Crippen LogP contribution in [0.1, 0.15) is 62.5 Å². The summed E-state index contributed by atoms with van der Waals surface area (Å²) in [6.45, 7) is 11.0. The van der Waals surface area contributed by atoms with Gasteiger partial charge in [-0.1, -0.05) is 58.9 Å². The Labute approximate surface area is 244 Å². The number of hydrazone groups is 1. The minimum absolute atomic E-state index is 0.0338. The molecule has 0 radical (unpaired) electrons. The fourth-order valence-electron chi connectivity index (χ4n) is 4.42. The van der Waals surface area contributed by atoms with E-state index in [0.717, 1.165) is 9.99 Å². The molecule has 0 fully saturated rings. The molecule has 0 saturated heterocycles. The van der Waals surface area contributed by atoms with Gasteiger partial charge in [-0.2, -0.15) is 5.10 Å². The topological polar surface area (TPSA) is 86.2 Å². The maximum absolute atomic E-state index is 12.5. The monoisotopic (exact) mass is 642 g/mol. The minimum atomic E-state index is -0.477. The van der Waals surface area contributed by atoms with E-state index in [-0.39, 0.29) is 23.2 Å². The number of benzene rings is 3. The smallest absolute Gasteiger partial charge is 0.344 e. The van der Waals surface area contributed by atoms with Gasteiger partial charge in [0.25, 0.3) is 5.91 Å². The molecule has 7 nitrogen and oxygen atoms in total. The van der Waals surface area contributed by atoms with E-state index in [1.807, 2.05) is 36.4 Å². The molecule has 0 aliphatic rings. The van der Waals surface area contributed by atoms with E-state index in [0.29, 0.717) is 22.6 Å². The Bertz CT molecular complexity index is 1330. The number of hydrogen-bond acceptors (Lipinski definition) is 6. The number of hydrogen-bond donors (Lipinski definition) is 1. The molecule has 0 aliphatic carbocycles. The highest BCUT2D eigenvalue weighted by Gasteiger charge is 2.27. The first-order chi connectivity index (χ1) is 18.4. The first-order valence-corrected chi connectivity index (χ1v) is 13.7. The highest BCUT2D eigenvalue weighted by Crippen LogP contribution is 2.36. The first kappa shape index (κ1) is 30.1. The van der Waals surface area contributed by atoms with Crippen LogP contribution in [0.5, 0.6) is 17.2 Å². The second-order valence-corrected chi connectivity index (χ2v) is 12.2. The third kappa shape index (κ3) is 9.09. The molecule has 0 spiro atoms. The SMILES string of the molecule is COc1cc(/C=N/NC(=O)COc2ccc(C(C)(C)CC(C)(C)C)cc2)ccc1OC(=O)c1ccccc1I. The van der Waals surface area contributed by atoms with Gasteiger partial charge in [0, 0.05) is 3.57 Å². The molecule has 0 bridgehead atoms. The second kappa shape index (κ2) is 13.1. The van der Waals surface area contributed by atoms with Gasteiger partial charge < -0.3 is 14.2 Å². The van der Waals surface area contributed by atoms with E-state index in [1.54, 1.807) is 30.3 Å². The molecule has 3 rings (SSSR count). The van der Waals surface area contributed by atoms with E-state index >= 15 is 0 Å². The summed E-state index contributed by atoms with van der Waals surface area (Å²) in [6.07, 6.45) is 2.52. The number of ether oxygens (including phenoxy) is 3. The quantitative estimate of drug-likeness (QED) is 0.0869. The van der Waals surface area contributed by atoms with Crippen molar-refractivity contribution in [3.63, 3.8) is 0 Å². The van der Waals surface area contributed by atoms with E-state index in [9.17, 15) is 9.59 Å². The lowest BCUT2D eigenvalue weighted by molar-refractivity contribution is -0.123. The average Bonchev–Trinajstić information content (AvgIpc) is 2.87. The van der Waals surface area contributed by atoms with Crippen LogP contribution < -0.4 is 19.6 Å². The van der Waals surface area contributed by atoms with Gasteiger partial charge in [0.1, 0.15) is 5.75 Å². The Morgan fingerprint density at radius 3 is 2.28 bits per heavy atom. The Morgan fingerprint density at radius 1 is 0.949 bits per heavy atom. The maximum atomic E-state index is 12.5. The van der Waals surface area contributed by atoms with Crippen LogP contribution in [-0.2, 0) is 10.2 Å². The van der Waals surface area contributed by atoms with Gasteiger partial charge in [-0.3, -0.25) is 4.79 Å². The second-order valence-electron chi connectivity index (χ2n) is 11.0. The average molecular weight is 643 g/mol. The van der Waals surface area contributed by atoms with Crippen LogP contribution >= 0.6 is 22.6 Å². The summed E-state index contributed by atoms with van der Waals surface area (Å²) in [6, 6.07) is 20.0. The molecule has 1 N–H and O–H groups in total. The summed E-state index contributed by atoms with van der Waals surface area (Å²) >= 11 is 2.09. The molecular weight excluding hydrogens is 607 g/mol. The molecule has 0 heterocycles. The molecule has 3 aromatic rings. The molecule has 39 heavy (non-hydrogen) atoms. The number of amides is 1. The van der Waals surface area contributed by atoms with Crippen molar-refractivity contribution in [3.8, 4) is 17.2 Å². The zero-order chi connectivity index (χ0) is 28.6. The third-order valence-corrected chi connectivity index (χ3v) is 6.81. The third-order valence-electron chi connectivity index (χ3n) is 5.86. The number of esters is 1. The number of nitrogens with one attached hydrogen (secondary N) is 1. The lowest BCUT2D eigenvalue weighted by atomic mass is 9.72. The number of nitrogens with zero attached hydrogens (tertiary/aromatic N) is 1. The van der Waals surface area contributed by atoms with E-state index in [2.05, 4.69) is 67.7 Å². The van der Waals surface area contributed by atoms with Crippen LogP contribution in [0.4, 0.5) is 0 Å². The fourth-order valence-corrected chi connectivity index (χ4v) is 5.03. The summed E-state index contributed by atoms with van der Waals surface area (Å²) in [4.78, 5) is 24.8. The summed E-state index contributed by atoms with van der Waals surface area (Å²) < 4.78 is 17.3. The predicted octanol–water partition coefficient (Wildman–Crippen LogP) is 6.76. The van der Waals surface area contributed by atoms with Crippen LogP contribution in [0.2, 0.25) is 0 Å². The predicted molar refractivity (Wildman–Crippen MR) is 162 cm³/mol. The molecule has 0 aromatic heterocycles. The summed E-state index contributed by atoms with van der Waals surface area (Å²) in [5.41, 5.74) is 5.05. The van der Waals surface area contributed by atoms with Crippen LogP contribution in [0.3, 0.4) is 0 Å². The molecule has 0 saturated carbocycles. The van der Waals surface area contributed by atoms with Gasteiger partial charge in [0.05, 0.1) is 18.9 Å². The van der Waals surface area contributed by atoms with Crippen molar-refractivity contribution in [3.05, 3.63) is 87.0 Å². The van der Waals surface area contributed by atoms with E-state index < -0.39 is 11.9 Å². The number of methoxy groups -OCH3 is 1. The number of halogens is 1. The Kier molecular flexibility index (Phi) is 10.1. The zero-order valence-electron chi connectivity index (χ0n) is 23.2. The molecule has 0 atom stereocenters. The maximum Gasteiger partial charge on any atom is 0.344 e. The van der Waals surface area contributed by atoms with Crippen LogP contribution in [0.15, 0.2) is 71.8 Å². The van der Waals surface area contributed by atoms with Crippen molar-refractivity contribution in [2.24, 2.45) is 10.5 Å². The molecule has 1 amide bonds. The van der Waals surface area contributed by atoms with Crippen molar-refractivity contribution in [2.45, 2.75) is 46.5 Å². The Balaban J connectivity index is 1.53. The molecule has 3 aromatic carbocycles. The van der Waals surface area contributed by atoms with Gasteiger partial charge in [0.2, 0.25) is 0 Å². The van der Waals surface area contributed by atoms with Crippen molar-refractivity contribution in [1.82, 2.24) is 5.43 Å². The highest BCUT2D eigenvalue weighted by molar-refractivity contribution is 14.1. The van der Waals surface area contributed by atoms with Gasteiger partial charge in [-0.05, 0) is 93.4 Å². The van der Waals surface area contributed by atoms with Crippen molar-refractivity contribution < 1.29 is 23.8 Å². The minimum Gasteiger partial charge on any atom is -0.493 e. The molecule has 8 heteroatoms. The summed E-state index contributed by atoms with van der Waals surface area (Å²) in [5.74, 6) is 0.393. The number of rotatable bonds is 10. The Morgan fingerprint density at radius 2 is 1.64 bits per heavy atom. The molecular formula is C31H35IN2O5. The normalized spacial score (nSPS) is 11.8. The van der Waals surface area contributed by atoms with Gasteiger partial charge in [-0.15, -0.1) is 0 Å². The highest BCUT2D eigenvalue weighted by atomic mass is 127. The lowest BCUT2D eigenvalue weighted by Crippen LogP contribution is -2.25. The fraction of sp³-hybridized carbons (Fsp3) is 0.323. The summed E-state index contributed by atoms with van der Waals surface area (Å²) in [7, 11) is 1.48. The number of carbonyl (C=O) groups is 2. The first-order valence-electron chi connectivity index (χ1n) is 12.6. The standard InChI is InChI=1S/C31H35IN2O5/c1-30(2,3)20-31(4,5)22-12-14-23(15-13-22)38-19-28(35)34-33-18-21-11-16-26(27(17-21)37-6)39-29(36)24-9-7-8-10-25(24)32/h7-18H,19-20H2,1-6H3,(H,34,35)/b33-18+. The molecule has 206 valence electrons. The van der Waals surface area contributed by atoms with Crippen LogP contribution in [0, 0.1) is 8.99 Å². The van der Waals surface area contributed by atoms with Crippen LogP contribution in [0.25, 0.3) is 0 Å². The van der Waals surface area contributed by atoms with Gasteiger partial charge in [-0.25, -0.2) is 10.2 Å². The zero-order valence-corrected chi connectivity index (χ0v) is 25.4. The van der Waals surface area contributed by atoms with Gasteiger partial charge in [0.15, 0.2) is 18.1 Å².